The van der Waals surface area contributed by atoms with E-state index in [4.69, 9.17) is 18.9 Å². The van der Waals surface area contributed by atoms with Crippen molar-refractivity contribution in [1.29, 1.82) is 0 Å². The van der Waals surface area contributed by atoms with Crippen molar-refractivity contribution in [3.05, 3.63) is 35.9 Å². The summed E-state index contributed by atoms with van der Waals surface area (Å²) < 4.78 is 23.5. The largest absolute Gasteiger partial charge is 0.493 e. The lowest BCUT2D eigenvalue weighted by molar-refractivity contribution is -0.131. The zero-order valence-electron chi connectivity index (χ0n) is 21.2. The van der Waals surface area contributed by atoms with Crippen LogP contribution in [0.3, 0.4) is 0 Å². The summed E-state index contributed by atoms with van der Waals surface area (Å²) in [5, 5.41) is 0. The minimum atomic E-state index is 0. The number of halogens is 1. The Kier molecular flexibility index (Phi) is 9.52. The van der Waals surface area contributed by atoms with Gasteiger partial charge in [-0.3, -0.25) is 4.79 Å². The predicted molar refractivity (Wildman–Crippen MR) is 139 cm³/mol. The van der Waals surface area contributed by atoms with Crippen molar-refractivity contribution in [2.45, 2.75) is 32.7 Å². The molecule has 0 bridgehead atoms. The van der Waals surface area contributed by atoms with Crippen LogP contribution in [-0.4, -0.2) is 69.8 Å². The summed E-state index contributed by atoms with van der Waals surface area (Å²) in [7, 11) is 5.43. The number of rotatable bonds is 7. The van der Waals surface area contributed by atoms with Gasteiger partial charge in [0.25, 0.3) is 0 Å². The monoisotopic (exact) mass is 504 g/mol. The fourth-order valence-electron chi connectivity index (χ4n) is 4.83. The van der Waals surface area contributed by atoms with Crippen molar-refractivity contribution in [3.63, 3.8) is 0 Å². The normalized spacial score (nSPS) is 17.9. The van der Waals surface area contributed by atoms with Gasteiger partial charge in [0.1, 0.15) is 6.61 Å². The van der Waals surface area contributed by atoms with Crippen molar-refractivity contribution in [2.75, 3.05) is 54.1 Å². The summed E-state index contributed by atoms with van der Waals surface area (Å²) in [4.78, 5) is 16.7. The standard InChI is InChI=1S/C27H36N2O5.ClH/c1-5-26(30)29-11-12-33-27-22(17-29)13-21(20-8-9-23(31-3)24(14-20)32-4)15-25(27)34-18-19-7-6-10-28(2)16-19;/h8-9,13-15,19H,5-7,10-12,16-18H2,1-4H3;1H/t19-;/m0./s1. The third kappa shape index (κ3) is 6.33. The first-order valence-electron chi connectivity index (χ1n) is 12.1. The highest BCUT2D eigenvalue weighted by atomic mass is 35.5. The number of likely N-dealkylation sites (tertiary alicyclic amines) is 1. The van der Waals surface area contributed by atoms with Crippen LogP contribution in [0, 0.1) is 5.92 Å². The van der Waals surface area contributed by atoms with E-state index in [-0.39, 0.29) is 18.3 Å². The molecule has 1 atom stereocenters. The summed E-state index contributed by atoms with van der Waals surface area (Å²) in [6.45, 7) is 6.25. The van der Waals surface area contributed by atoms with Crippen LogP contribution >= 0.6 is 12.4 Å². The quantitative estimate of drug-likeness (QED) is 0.547. The molecule has 2 aliphatic rings. The summed E-state index contributed by atoms with van der Waals surface area (Å²) >= 11 is 0. The smallest absolute Gasteiger partial charge is 0.222 e. The second-order valence-corrected chi connectivity index (χ2v) is 9.13. The van der Waals surface area contributed by atoms with E-state index in [9.17, 15) is 4.79 Å². The molecule has 0 spiro atoms. The van der Waals surface area contributed by atoms with Gasteiger partial charge in [0.15, 0.2) is 23.0 Å². The van der Waals surface area contributed by atoms with Gasteiger partial charge in [0, 0.05) is 31.0 Å². The maximum Gasteiger partial charge on any atom is 0.222 e. The van der Waals surface area contributed by atoms with E-state index < -0.39 is 0 Å². The number of fused-ring (bicyclic) bond motifs is 1. The molecular formula is C27H37ClN2O5. The van der Waals surface area contributed by atoms with Gasteiger partial charge >= 0.3 is 0 Å². The van der Waals surface area contributed by atoms with Gasteiger partial charge in [-0.15, -0.1) is 12.4 Å². The van der Waals surface area contributed by atoms with E-state index in [0.717, 1.165) is 41.3 Å². The fourth-order valence-corrected chi connectivity index (χ4v) is 4.83. The van der Waals surface area contributed by atoms with Crippen LogP contribution in [0.2, 0.25) is 0 Å². The van der Waals surface area contributed by atoms with Crippen LogP contribution in [0.4, 0.5) is 0 Å². The van der Waals surface area contributed by atoms with Gasteiger partial charge in [-0.05, 0) is 61.8 Å². The highest BCUT2D eigenvalue weighted by Crippen LogP contribution is 2.41. The molecule has 1 saturated heterocycles. The second-order valence-electron chi connectivity index (χ2n) is 9.13. The summed E-state index contributed by atoms with van der Waals surface area (Å²) in [6.07, 6.45) is 2.84. The molecule has 2 aromatic carbocycles. The lowest BCUT2D eigenvalue weighted by Gasteiger charge is -2.29. The molecule has 0 saturated carbocycles. The number of amides is 1. The molecule has 192 valence electrons. The lowest BCUT2D eigenvalue weighted by Crippen LogP contribution is -2.34. The van der Waals surface area contributed by atoms with Crippen molar-refractivity contribution >= 4 is 18.3 Å². The molecule has 0 aromatic heterocycles. The number of ether oxygens (including phenoxy) is 4. The summed E-state index contributed by atoms with van der Waals surface area (Å²) in [5.74, 6) is 3.45. The van der Waals surface area contributed by atoms with Crippen LogP contribution in [-0.2, 0) is 11.3 Å². The van der Waals surface area contributed by atoms with Crippen molar-refractivity contribution < 1.29 is 23.7 Å². The van der Waals surface area contributed by atoms with Gasteiger partial charge in [-0.2, -0.15) is 0 Å². The minimum absolute atomic E-state index is 0. The topological polar surface area (TPSA) is 60.5 Å². The molecular weight excluding hydrogens is 468 g/mol. The van der Waals surface area contributed by atoms with E-state index in [1.54, 1.807) is 14.2 Å². The van der Waals surface area contributed by atoms with Crippen LogP contribution < -0.4 is 18.9 Å². The van der Waals surface area contributed by atoms with Crippen LogP contribution in [0.15, 0.2) is 30.3 Å². The van der Waals surface area contributed by atoms with E-state index in [0.29, 0.717) is 50.1 Å². The average Bonchev–Trinajstić information content (AvgIpc) is 3.09. The predicted octanol–water partition coefficient (Wildman–Crippen LogP) is 4.64. The van der Waals surface area contributed by atoms with Crippen LogP contribution in [0.1, 0.15) is 31.7 Å². The third-order valence-corrected chi connectivity index (χ3v) is 6.67. The minimum Gasteiger partial charge on any atom is -0.493 e. The van der Waals surface area contributed by atoms with Gasteiger partial charge in [0.05, 0.1) is 27.4 Å². The fraction of sp³-hybridized carbons (Fsp3) is 0.519. The van der Waals surface area contributed by atoms with Crippen LogP contribution in [0.25, 0.3) is 11.1 Å². The van der Waals surface area contributed by atoms with Gasteiger partial charge in [-0.25, -0.2) is 0 Å². The van der Waals surface area contributed by atoms with Crippen LogP contribution in [0.5, 0.6) is 23.0 Å². The molecule has 2 aliphatic heterocycles. The molecule has 8 heteroatoms. The second kappa shape index (κ2) is 12.4. The van der Waals surface area contributed by atoms with E-state index in [1.807, 2.05) is 36.1 Å². The Morgan fingerprint density at radius 3 is 2.54 bits per heavy atom. The molecule has 2 aromatic rings. The highest BCUT2D eigenvalue weighted by molar-refractivity contribution is 5.85. The molecule has 2 heterocycles. The number of piperidine rings is 1. The Balaban J connectivity index is 0.00000342. The van der Waals surface area contributed by atoms with Gasteiger partial charge < -0.3 is 28.7 Å². The van der Waals surface area contributed by atoms with Crippen molar-refractivity contribution in [3.8, 4) is 34.1 Å². The Morgan fingerprint density at radius 2 is 1.83 bits per heavy atom. The summed E-state index contributed by atoms with van der Waals surface area (Å²) in [5.41, 5.74) is 2.94. The number of nitrogens with zero attached hydrogens (tertiary/aromatic N) is 2. The Bertz CT molecular complexity index is 1020. The lowest BCUT2D eigenvalue weighted by atomic mass is 9.99. The van der Waals surface area contributed by atoms with Crippen molar-refractivity contribution in [2.24, 2.45) is 5.92 Å². The van der Waals surface area contributed by atoms with Gasteiger partial charge in [-0.1, -0.05) is 13.0 Å². The summed E-state index contributed by atoms with van der Waals surface area (Å²) in [6, 6.07) is 10.0. The molecule has 35 heavy (non-hydrogen) atoms. The maximum atomic E-state index is 12.5. The highest BCUT2D eigenvalue weighted by Gasteiger charge is 2.25. The molecule has 1 fully saturated rings. The number of benzene rings is 2. The first-order valence-corrected chi connectivity index (χ1v) is 12.1. The molecule has 0 aliphatic carbocycles. The third-order valence-electron chi connectivity index (χ3n) is 6.67. The Morgan fingerprint density at radius 1 is 1.06 bits per heavy atom. The number of carbonyl (C=O) groups excluding carboxylic acids is 1. The molecule has 1 amide bonds. The zero-order chi connectivity index (χ0) is 24.1. The number of hydrogen-bond donors (Lipinski definition) is 0. The first kappa shape index (κ1) is 27.0. The van der Waals surface area contributed by atoms with Gasteiger partial charge in [0.2, 0.25) is 5.91 Å². The molecule has 0 unspecified atom stereocenters. The Labute approximate surface area is 214 Å². The molecule has 0 N–H and O–H groups in total. The Hall–Kier alpha value is -2.64. The molecule has 0 radical (unpaired) electrons. The zero-order valence-corrected chi connectivity index (χ0v) is 22.0. The number of carbonyl (C=O) groups is 1. The number of hydrogen-bond acceptors (Lipinski definition) is 6. The SMILES string of the molecule is CCC(=O)N1CCOc2c(cc(-c3ccc(OC)c(OC)c3)cc2OC[C@H]2CCCN(C)C2)C1.Cl. The van der Waals surface area contributed by atoms with E-state index in [1.165, 1.54) is 12.8 Å². The maximum absolute atomic E-state index is 12.5. The van der Waals surface area contributed by atoms with E-state index in [2.05, 4.69) is 18.0 Å². The number of methoxy groups -OCH3 is 2. The van der Waals surface area contributed by atoms with E-state index >= 15 is 0 Å². The first-order chi connectivity index (χ1) is 16.5. The van der Waals surface area contributed by atoms with Crippen molar-refractivity contribution in [1.82, 2.24) is 9.80 Å². The molecule has 7 nitrogen and oxygen atoms in total. The molecule has 4 rings (SSSR count). The average molecular weight is 505 g/mol.